The van der Waals surface area contributed by atoms with Crippen molar-refractivity contribution >= 4 is 12.0 Å². The van der Waals surface area contributed by atoms with E-state index in [0.717, 1.165) is 12.8 Å². The van der Waals surface area contributed by atoms with Crippen LogP contribution in [0.1, 0.15) is 38.3 Å². The second kappa shape index (κ2) is 8.29. The van der Waals surface area contributed by atoms with Crippen LogP contribution in [-0.2, 0) is 4.79 Å². The van der Waals surface area contributed by atoms with Crippen molar-refractivity contribution in [3.63, 3.8) is 0 Å². The highest BCUT2D eigenvalue weighted by molar-refractivity contribution is 5.75. The first-order valence-corrected chi connectivity index (χ1v) is 8.57. The van der Waals surface area contributed by atoms with Crippen molar-refractivity contribution in [2.75, 3.05) is 20.1 Å². The predicted molar refractivity (Wildman–Crippen MR) is 92.8 cm³/mol. The van der Waals surface area contributed by atoms with E-state index in [1.165, 1.54) is 11.0 Å². The highest BCUT2D eigenvalue weighted by atomic mass is 19.1. The Labute approximate surface area is 147 Å². The Morgan fingerprint density at radius 1 is 1.36 bits per heavy atom. The van der Waals surface area contributed by atoms with Gasteiger partial charge in [-0.3, -0.25) is 9.69 Å². The number of carboxylic acid groups (broad SMARTS) is 1. The number of halogens is 1. The van der Waals surface area contributed by atoms with E-state index in [4.69, 9.17) is 5.11 Å². The molecule has 2 amide bonds. The molecule has 0 aliphatic heterocycles. The fraction of sp³-hybridized carbons (Fsp3) is 0.556. The molecular formula is C18H26FN3O3. The lowest BCUT2D eigenvalue weighted by molar-refractivity contribution is -0.139. The van der Waals surface area contributed by atoms with Crippen LogP contribution in [0.2, 0.25) is 0 Å². The molecule has 1 atom stereocenters. The van der Waals surface area contributed by atoms with Crippen LogP contribution in [-0.4, -0.2) is 59.1 Å². The summed E-state index contributed by atoms with van der Waals surface area (Å²) in [5.74, 6) is -1.17. The van der Waals surface area contributed by atoms with E-state index in [9.17, 15) is 14.0 Å². The molecule has 1 unspecified atom stereocenters. The number of carbonyl (C=O) groups is 2. The number of benzene rings is 1. The number of hydrogen-bond donors (Lipinski definition) is 2. The van der Waals surface area contributed by atoms with E-state index in [1.807, 2.05) is 11.8 Å². The Hall–Kier alpha value is -2.15. The highest BCUT2D eigenvalue weighted by Gasteiger charge is 2.35. The van der Waals surface area contributed by atoms with Crippen LogP contribution in [0.25, 0.3) is 0 Å². The Morgan fingerprint density at radius 3 is 2.56 bits per heavy atom. The van der Waals surface area contributed by atoms with Gasteiger partial charge in [0.2, 0.25) is 0 Å². The summed E-state index contributed by atoms with van der Waals surface area (Å²) in [6, 6.07) is 6.01. The SMILES string of the molecule is CCN(CC(=O)O)C1CC(NC(=O)N(C)C(C)c2ccccc2F)C1. The summed E-state index contributed by atoms with van der Waals surface area (Å²) >= 11 is 0. The first-order chi connectivity index (χ1) is 11.8. The van der Waals surface area contributed by atoms with E-state index in [-0.39, 0.29) is 36.5 Å². The molecule has 2 N–H and O–H groups in total. The van der Waals surface area contributed by atoms with Crippen LogP contribution < -0.4 is 5.32 Å². The Balaban J connectivity index is 1.85. The maximum absolute atomic E-state index is 13.9. The minimum atomic E-state index is -0.840. The predicted octanol–water partition coefficient (Wildman–Crippen LogP) is 2.47. The number of aliphatic carboxylic acids is 1. The molecule has 1 saturated carbocycles. The maximum Gasteiger partial charge on any atom is 0.317 e. The summed E-state index contributed by atoms with van der Waals surface area (Å²) in [7, 11) is 1.64. The van der Waals surface area contributed by atoms with Gasteiger partial charge in [0.05, 0.1) is 12.6 Å². The molecule has 0 aromatic heterocycles. The molecule has 1 aromatic carbocycles. The largest absolute Gasteiger partial charge is 0.480 e. The van der Waals surface area contributed by atoms with Crippen molar-refractivity contribution in [3.8, 4) is 0 Å². The molecule has 0 spiro atoms. The van der Waals surface area contributed by atoms with Gasteiger partial charge >= 0.3 is 12.0 Å². The van der Waals surface area contributed by atoms with E-state index in [1.54, 1.807) is 32.2 Å². The van der Waals surface area contributed by atoms with Crippen LogP contribution in [0.5, 0.6) is 0 Å². The van der Waals surface area contributed by atoms with Gasteiger partial charge in [-0.2, -0.15) is 0 Å². The van der Waals surface area contributed by atoms with Gasteiger partial charge < -0.3 is 15.3 Å². The number of carboxylic acids is 1. The fourth-order valence-corrected chi connectivity index (χ4v) is 3.15. The number of urea groups is 1. The molecule has 6 nitrogen and oxygen atoms in total. The monoisotopic (exact) mass is 351 g/mol. The Bertz CT molecular complexity index is 619. The molecule has 0 radical (unpaired) electrons. The Morgan fingerprint density at radius 2 is 2.00 bits per heavy atom. The quantitative estimate of drug-likeness (QED) is 0.791. The zero-order chi connectivity index (χ0) is 18.6. The third kappa shape index (κ3) is 4.69. The van der Waals surface area contributed by atoms with E-state index >= 15 is 0 Å². The minimum Gasteiger partial charge on any atom is -0.480 e. The number of rotatable bonds is 7. The number of amides is 2. The van der Waals surface area contributed by atoms with Crippen LogP contribution in [0.4, 0.5) is 9.18 Å². The minimum absolute atomic E-state index is 0.0199. The molecule has 1 fully saturated rings. The average molecular weight is 351 g/mol. The van der Waals surface area contributed by atoms with Crippen molar-refractivity contribution < 1.29 is 19.1 Å². The molecule has 0 heterocycles. The standard InChI is InChI=1S/C18H26FN3O3/c1-4-22(11-17(23)24)14-9-13(10-14)20-18(25)21(3)12(2)15-7-5-6-8-16(15)19/h5-8,12-14H,4,9-11H2,1-3H3,(H,20,25)(H,23,24). The third-order valence-electron chi connectivity index (χ3n) is 4.96. The summed E-state index contributed by atoms with van der Waals surface area (Å²) < 4.78 is 13.9. The topological polar surface area (TPSA) is 72.9 Å². The highest BCUT2D eigenvalue weighted by Crippen LogP contribution is 2.27. The van der Waals surface area contributed by atoms with Gasteiger partial charge in [-0.1, -0.05) is 25.1 Å². The van der Waals surface area contributed by atoms with Gasteiger partial charge in [0.1, 0.15) is 5.82 Å². The second-order valence-electron chi connectivity index (χ2n) is 6.54. The first kappa shape index (κ1) is 19.2. The van der Waals surface area contributed by atoms with E-state index < -0.39 is 5.97 Å². The summed E-state index contributed by atoms with van der Waals surface area (Å²) in [6.07, 6.45) is 1.46. The number of nitrogens with one attached hydrogen (secondary N) is 1. The fourth-order valence-electron chi connectivity index (χ4n) is 3.15. The third-order valence-corrected chi connectivity index (χ3v) is 4.96. The molecule has 25 heavy (non-hydrogen) atoms. The Kier molecular flexibility index (Phi) is 6.36. The van der Waals surface area contributed by atoms with Gasteiger partial charge in [0.25, 0.3) is 0 Å². The number of nitrogens with zero attached hydrogens (tertiary/aromatic N) is 2. The summed E-state index contributed by atoms with van der Waals surface area (Å²) in [5, 5.41) is 11.8. The van der Waals surface area contributed by atoms with Crippen LogP contribution >= 0.6 is 0 Å². The van der Waals surface area contributed by atoms with Crippen LogP contribution in [0, 0.1) is 5.82 Å². The maximum atomic E-state index is 13.9. The van der Waals surface area contributed by atoms with Crippen molar-refractivity contribution in [1.82, 2.24) is 15.1 Å². The molecular weight excluding hydrogens is 325 g/mol. The van der Waals surface area contributed by atoms with Gasteiger partial charge in [0, 0.05) is 24.7 Å². The molecule has 1 aliphatic rings. The molecule has 7 heteroatoms. The lowest BCUT2D eigenvalue weighted by atomic mass is 9.85. The lowest BCUT2D eigenvalue weighted by Gasteiger charge is -2.43. The average Bonchev–Trinajstić information content (AvgIpc) is 2.54. The van der Waals surface area contributed by atoms with E-state index in [0.29, 0.717) is 12.1 Å². The summed E-state index contributed by atoms with van der Waals surface area (Å²) in [6.45, 7) is 4.40. The van der Waals surface area contributed by atoms with Gasteiger partial charge in [-0.05, 0) is 32.4 Å². The number of hydrogen-bond acceptors (Lipinski definition) is 3. The molecule has 1 aromatic rings. The number of likely N-dealkylation sites (N-methyl/N-ethyl adjacent to an activating group) is 1. The van der Waals surface area contributed by atoms with Gasteiger partial charge in [-0.15, -0.1) is 0 Å². The zero-order valence-corrected chi connectivity index (χ0v) is 14.9. The molecule has 0 bridgehead atoms. The summed E-state index contributed by atoms with van der Waals surface area (Å²) in [4.78, 5) is 26.6. The van der Waals surface area contributed by atoms with Crippen molar-refractivity contribution in [3.05, 3.63) is 35.6 Å². The second-order valence-corrected chi connectivity index (χ2v) is 6.54. The van der Waals surface area contributed by atoms with Crippen molar-refractivity contribution in [2.24, 2.45) is 0 Å². The number of carbonyl (C=O) groups excluding carboxylic acids is 1. The first-order valence-electron chi connectivity index (χ1n) is 8.57. The lowest BCUT2D eigenvalue weighted by Crippen LogP contribution is -2.56. The zero-order valence-electron chi connectivity index (χ0n) is 14.9. The van der Waals surface area contributed by atoms with Gasteiger partial charge in [0.15, 0.2) is 0 Å². The summed E-state index contributed by atoms with van der Waals surface area (Å²) in [5.41, 5.74) is 0.477. The normalized spacial score (nSPS) is 20.7. The van der Waals surface area contributed by atoms with Crippen molar-refractivity contribution in [1.29, 1.82) is 0 Å². The molecule has 1 aliphatic carbocycles. The van der Waals surface area contributed by atoms with Crippen LogP contribution in [0.3, 0.4) is 0 Å². The van der Waals surface area contributed by atoms with Gasteiger partial charge in [-0.25, -0.2) is 9.18 Å². The molecule has 0 saturated heterocycles. The van der Waals surface area contributed by atoms with Crippen LogP contribution in [0.15, 0.2) is 24.3 Å². The molecule has 138 valence electrons. The molecule has 2 rings (SSSR count). The smallest absolute Gasteiger partial charge is 0.317 e. The van der Waals surface area contributed by atoms with Crippen molar-refractivity contribution in [2.45, 2.75) is 44.8 Å². The van der Waals surface area contributed by atoms with E-state index in [2.05, 4.69) is 5.32 Å².